The van der Waals surface area contributed by atoms with Gasteiger partial charge >= 0.3 is 7.82 Å². The minimum absolute atomic E-state index is 0.0457. The number of allylic oxidation sites excluding steroid dienone is 15. The Labute approximate surface area is 477 Å². The predicted octanol–water partition coefficient (Wildman–Crippen LogP) is 20.2. The van der Waals surface area contributed by atoms with Gasteiger partial charge in [-0.15, -0.1) is 0 Å². The van der Waals surface area contributed by atoms with E-state index in [2.05, 4.69) is 104 Å². The Hall–Kier alpha value is -2.58. The molecule has 0 saturated heterocycles. The fourth-order valence-corrected chi connectivity index (χ4v) is 9.80. The number of nitrogens with one attached hydrogen (secondary N) is 1. The number of unbranched alkanes of at least 4 members (excludes halogenated alkanes) is 31. The van der Waals surface area contributed by atoms with Gasteiger partial charge in [-0.05, 0) is 83.5 Å². The van der Waals surface area contributed by atoms with E-state index in [0.29, 0.717) is 17.4 Å². The molecule has 1 amide bonds. The van der Waals surface area contributed by atoms with E-state index in [4.69, 9.17) is 9.05 Å². The van der Waals surface area contributed by atoms with Crippen LogP contribution in [0.25, 0.3) is 0 Å². The molecule has 9 heteroatoms. The summed E-state index contributed by atoms with van der Waals surface area (Å²) in [6.45, 7) is 4.68. The molecule has 0 aliphatic carbocycles. The summed E-state index contributed by atoms with van der Waals surface area (Å²) in [5, 5.41) is 13.9. The zero-order valence-electron chi connectivity index (χ0n) is 50.9. The molecule has 0 aliphatic rings. The van der Waals surface area contributed by atoms with Gasteiger partial charge < -0.3 is 19.8 Å². The Morgan fingerprint density at radius 1 is 0.455 bits per heavy atom. The van der Waals surface area contributed by atoms with Gasteiger partial charge in [-0.1, -0.05) is 284 Å². The van der Waals surface area contributed by atoms with Crippen LogP contribution < -0.4 is 5.32 Å². The maximum absolute atomic E-state index is 13.0. The summed E-state index contributed by atoms with van der Waals surface area (Å²) >= 11 is 0. The zero-order chi connectivity index (χ0) is 56.3. The first kappa shape index (κ1) is 74.4. The van der Waals surface area contributed by atoms with Crippen molar-refractivity contribution in [1.29, 1.82) is 0 Å². The molecular formula is C68H124N2O6P+. The average molecular weight is 1100 g/mol. The van der Waals surface area contributed by atoms with E-state index in [1.54, 1.807) is 6.08 Å². The predicted molar refractivity (Wildman–Crippen MR) is 336 cm³/mol. The van der Waals surface area contributed by atoms with Gasteiger partial charge in [-0.3, -0.25) is 13.8 Å². The SMILES string of the molecule is CC/C=C\C/C=C\C/C=C\C/C=C\C/C=C\C/C=C\CCCCCCC(=O)NC(COP(=O)(O)OCC[N+](C)(C)C)C(O)/C=C/CC/C=C/CCCCCCCCCCCCCCCCCCCCCCCCCCCC. The molecule has 3 atom stereocenters. The number of phosphoric ester groups is 1. The van der Waals surface area contributed by atoms with Crippen LogP contribution >= 0.6 is 7.82 Å². The molecule has 0 spiro atoms. The Bertz CT molecular complexity index is 1570. The lowest BCUT2D eigenvalue weighted by Gasteiger charge is -2.25. The zero-order valence-corrected chi connectivity index (χ0v) is 51.8. The number of phosphoric acid groups is 1. The molecule has 3 N–H and O–H groups in total. The van der Waals surface area contributed by atoms with E-state index in [1.165, 1.54) is 167 Å². The lowest BCUT2D eigenvalue weighted by Crippen LogP contribution is -2.45. The number of amides is 1. The Morgan fingerprint density at radius 2 is 0.792 bits per heavy atom. The van der Waals surface area contributed by atoms with Crippen LogP contribution in [-0.4, -0.2) is 73.4 Å². The summed E-state index contributed by atoms with van der Waals surface area (Å²) in [7, 11) is 1.53. The first-order chi connectivity index (χ1) is 37.5. The largest absolute Gasteiger partial charge is 0.472 e. The molecule has 3 unspecified atom stereocenters. The lowest BCUT2D eigenvalue weighted by atomic mass is 10.0. The van der Waals surface area contributed by atoms with Crippen molar-refractivity contribution in [1.82, 2.24) is 5.32 Å². The molecule has 0 aromatic heterocycles. The molecule has 0 heterocycles. The summed E-state index contributed by atoms with van der Waals surface area (Å²) in [4.78, 5) is 23.3. The van der Waals surface area contributed by atoms with Gasteiger partial charge in [-0.2, -0.15) is 0 Å². The topological polar surface area (TPSA) is 105 Å². The Morgan fingerprint density at radius 3 is 1.19 bits per heavy atom. The highest BCUT2D eigenvalue weighted by Gasteiger charge is 2.27. The van der Waals surface area contributed by atoms with E-state index >= 15 is 0 Å². The highest BCUT2D eigenvalue weighted by molar-refractivity contribution is 7.47. The number of hydrogen-bond acceptors (Lipinski definition) is 5. The van der Waals surface area contributed by atoms with Gasteiger partial charge in [-0.25, -0.2) is 4.57 Å². The minimum atomic E-state index is -4.37. The molecule has 0 rings (SSSR count). The minimum Gasteiger partial charge on any atom is -0.387 e. The molecule has 446 valence electrons. The number of hydrogen-bond donors (Lipinski definition) is 3. The van der Waals surface area contributed by atoms with Crippen molar-refractivity contribution in [2.24, 2.45) is 0 Å². The molecule has 8 nitrogen and oxygen atoms in total. The highest BCUT2D eigenvalue weighted by atomic mass is 31.2. The summed E-state index contributed by atoms with van der Waals surface area (Å²) in [6.07, 6.45) is 84.0. The van der Waals surface area contributed by atoms with Crippen LogP contribution in [0.1, 0.15) is 277 Å². The van der Waals surface area contributed by atoms with Gasteiger partial charge in [0.2, 0.25) is 5.91 Å². The van der Waals surface area contributed by atoms with Crippen LogP contribution in [0, 0.1) is 0 Å². The van der Waals surface area contributed by atoms with Crippen molar-refractivity contribution in [3.8, 4) is 0 Å². The van der Waals surface area contributed by atoms with Crippen molar-refractivity contribution in [3.05, 3.63) is 97.2 Å². The number of aliphatic hydroxyl groups excluding tert-OH is 1. The van der Waals surface area contributed by atoms with Crippen LogP contribution in [0.2, 0.25) is 0 Å². The molecule has 0 radical (unpaired) electrons. The van der Waals surface area contributed by atoms with Gasteiger partial charge in [0, 0.05) is 6.42 Å². The van der Waals surface area contributed by atoms with Gasteiger partial charge in [0.05, 0.1) is 39.9 Å². The third-order valence-corrected chi connectivity index (χ3v) is 15.0. The third-order valence-electron chi connectivity index (χ3n) is 14.0. The van der Waals surface area contributed by atoms with Crippen molar-refractivity contribution in [3.63, 3.8) is 0 Å². The molecular weight excluding hydrogens is 972 g/mol. The first-order valence-electron chi connectivity index (χ1n) is 32.1. The Balaban J connectivity index is 4.21. The van der Waals surface area contributed by atoms with Crippen molar-refractivity contribution in [2.45, 2.75) is 289 Å². The van der Waals surface area contributed by atoms with E-state index in [1.807, 2.05) is 27.2 Å². The summed E-state index contributed by atoms with van der Waals surface area (Å²) in [6, 6.07) is -0.886. The molecule has 0 bridgehead atoms. The second kappa shape index (κ2) is 58.1. The Kier molecular flexibility index (Phi) is 56.1. The van der Waals surface area contributed by atoms with Crippen LogP contribution in [0.5, 0.6) is 0 Å². The molecule has 77 heavy (non-hydrogen) atoms. The molecule has 0 fully saturated rings. The second-order valence-electron chi connectivity index (χ2n) is 22.7. The third kappa shape index (κ3) is 60.9. The number of rotatable bonds is 58. The summed E-state index contributed by atoms with van der Waals surface area (Å²) in [5.41, 5.74) is 0. The quantitative estimate of drug-likeness (QED) is 0.0243. The smallest absolute Gasteiger partial charge is 0.387 e. The van der Waals surface area contributed by atoms with Gasteiger partial charge in [0.1, 0.15) is 13.2 Å². The standard InChI is InChI=1S/C68H123N2O6P/c1-6-8-10-12-14-16-18-20-22-24-26-28-30-31-32-33-34-35-36-37-38-40-41-43-45-47-49-51-53-55-57-59-61-67(71)66(65-76-77(73,74)75-64-63-70(3,4)5)69-68(72)62-60-58-56-54-52-50-48-46-44-42-39-29-27-25-23-21-19-17-15-13-11-9-7-2/h9,11,15,17,21,23,27,29,42,44,48,50-51,53,59,61,66-67,71H,6-8,10,12-14,16,18-20,22,24-26,28,30-41,43,45-47,49,52,54-58,60,62-65H2,1-5H3,(H-,69,72,73,74)/p+1/b11-9-,17-15-,23-21-,29-27-,44-42-,50-48-,53-51+,61-59+. The fourth-order valence-electron chi connectivity index (χ4n) is 9.06. The average Bonchev–Trinajstić information content (AvgIpc) is 3.39. The lowest BCUT2D eigenvalue weighted by molar-refractivity contribution is -0.870. The monoisotopic (exact) mass is 1100 g/mol. The number of aliphatic hydroxyl groups is 1. The maximum atomic E-state index is 13.0. The number of likely N-dealkylation sites (N-methyl/N-ethyl adjacent to an activating group) is 1. The molecule has 0 saturated carbocycles. The van der Waals surface area contributed by atoms with Gasteiger partial charge in [0.15, 0.2) is 0 Å². The normalized spacial score (nSPS) is 14.4. The fraction of sp³-hybridized carbons (Fsp3) is 0.750. The number of nitrogens with zero attached hydrogens (tertiary/aromatic N) is 1. The van der Waals surface area contributed by atoms with Crippen LogP contribution in [-0.2, 0) is 18.4 Å². The second-order valence-corrected chi connectivity index (χ2v) is 24.2. The molecule has 0 aromatic rings. The van der Waals surface area contributed by atoms with E-state index in [9.17, 15) is 19.4 Å². The number of carbonyl (C=O) groups excluding carboxylic acids is 1. The van der Waals surface area contributed by atoms with Crippen LogP contribution in [0.3, 0.4) is 0 Å². The number of quaternary nitrogens is 1. The van der Waals surface area contributed by atoms with Crippen LogP contribution in [0.15, 0.2) is 97.2 Å². The van der Waals surface area contributed by atoms with E-state index < -0.39 is 20.0 Å². The van der Waals surface area contributed by atoms with Crippen molar-refractivity contribution in [2.75, 3.05) is 40.9 Å². The van der Waals surface area contributed by atoms with Crippen LogP contribution in [0.4, 0.5) is 0 Å². The summed E-state index contributed by atoms with van der Waals surface area (Å²) in [5.74, 6) is -0.212. The highest BCUT2D eigenvalue weighted by Crippen LogP contribution is 2.43. The van der Waals surface area contributed by atoms with Crippen molar-refractivity contribution >= 4 is 13.7 Å². The summed E-state index contributed by atoms with van der Waals surface area (Å²) < 4.78 is 23.7. The molecule has 0 aliphatic heterocycles. The molecule has 0 aromatic carbocycles. The maximum Gasteiger partial charge on any atom is 0.472 e. The van der Waals surface area contributed by atoms with E-state index in [0.717, 1.165) is 89.9 Å². The van der Waals surface area contributed by atoms with E-state index in [-0.39, 0.29) is 19.1 Å². The first-order valence-corrected chi connectivity index (χ1v) is 33.6. The van der Waals surface area contributed by atoms with Crippen molar-refractivity contribution < 1.29 is 32.9 Å². The van der Waals surface area contributed by atoms with Gasteiger partial charge in [0.25, 0.3) is 0 Å². The number of carbonyl (C=O) groups is 1.